The Morgan fingerprint density at radius 1 is 1.40 bits per heavy atom. The number of para-hydroxylation sites is 2. The summed E-state index contributed by atoms with van der Waals surface area (Å²) in [6.45, 7) is 0. The molecule has 1 aliphatic heterocycles. The fourth-order valence-electron chi connectivity index (χ4n) is 1.84. The molecule has 82 valence electrons. The number of hydrogen-bond acceptors (Lipinski definition) is 3. The smallest absolute Gasteiger partial charge is 0.141 e. The number of rotatable bonds is 3. The zero-order valence-corrected chi connectivity index (χ0v) is 9.85. The van der Waals surface area contributed by atoms with Crippen LogP contribution in [0, 0.1) is 0 Å². The van der Waals surface area contributed by atoms with Crippen molar-refractivity contribution in [3.63, 3.8) is 0 Å². The highest BCUT2D eigenvalue weighted by molar-refractivity contribution is 7.99. The molecule has 0 saturated carbocycles. The lowest BCUT2D eigenvalue weighted by molar-refractivity contribution is 0.416. The van der Waals surface area contributed by atoms with Crippen LogP contribution in [0.4, 0.5) is 5.69 Å². The zero-order chi connectivity index (χ0) is 10.5. The van der Waals surface area contributed by atoms with E-state index in [-0.39, 0.29) is 0 Å². The number of methoxy groups -OCH3 is 1. The maximum Gasteiger partial charge on any atom is 0.141 e. The van der Waals surface area contributed by atoms with Gasteiger partial charge in [-0.2, -0.15) is 11.8 Å². The molecule has 0 aromatic heterocycles. The van der Waals surface area contributed by atoms with Crippen LogP contribution < -0.4 is 10.1 Å². The van der Waals surface area contributed by atoms with Crippen LogP contribution in [0.2, 0.25) is 0 Å². The van der Waals surface area contributed by atoms with Gasteiger partial charge in [0.2, 0.25) is 0 Å². The molecule has 1 atom stereocenters. The van der Waals surface area contributed by atoms with E-state index in [1.807, 2.05) is 30.0 Å². The van der Waals surface area contributed by atoms with Gasteiger partial charge in [0.15, 0.2) is 0 Å². The summed E-state index contributed by atoms with van der Waals surface area (Å²) >= 11 is 2.03. The Labute approximate surface area is 95.4 Å². The van der Waals surface area contributed by atoms with E-state index in [0.29, 0.717) is 6.04 Å². The first-order chi connectivity index (χ1) is 7.40. The van der Waals surface area contributed by atoms with E-state index in [4.69, 9.17) is 4.74 Å². The average Bonchev–Trinajstić information content (AvgIpc) is 2.31. The van der Waals surface area contributed by atoms with Crippen LogP contribution in [0.5, 0.6) is 5.75 Å². The van der Waals surface area contributed by atoms with Crippen LogP contribution in [-0.4, -0.2) is 24.7 Å². The summed E-state index contributed by atoms with van der Waals surface area (Å²) in [5, 5.41) is 3.55. The van der Waals surface area contributed by atoms with Gasteiger partial charge in [-0.05, 0) is 30.7 Å². The predicted octanol–water partition coefficient (Wildman–Crippen LogP) is 3.00. The average molecular weight is 223 g/mol. The van der Waals surface area contributed by atoms with Crippen LogP contribution in [0.3, 0.4) is 0 Å². The number of nitrogens with one attached hydrogen (secondary N) is 1. The summed E-state index contributed by atoms with van der Waals surface area (Å²) < 4.78 is 5.32. The molecule has 0 unspecified atom stereocenters. The Kier molecular flexibility index (Phi) is 3.78. The van der Waals surface area contributed by atoms with E-state index in [1.165, 1.54) is 24.3 Å². The van der Waals surface area contributed by atoms with E-state index in [1.54, 1.807) is 7.11 Å². The molecule has 1 aliphatic rings. The van der Waals surface area contributed by atoms with Gasteiger partial charge in [-0.25, -0.2) is 0 Å². The summed E-state index contributed by atoms with van der Waals surface area (Å²) in [4.78, 5) is 0. The van der Waals surface area contributed by atoms with Crippen LogP contribution in [0.25, 0.3) is 0 Å². The first-order valence-corrected chi connectivity index (χ1v) is 6.53. The second kappa shape index (κ2) is 5.31. The lowest BCUT2D eigenvalue weighted by Gasteiger charge is -2.24. The van der Waals surface area contributed by atoms with Gasteiger partial charge in [0.1, 0.15) is 5.75 Å². The minimum Gasteiger partial charge on any atom is -0.495 e. The molecular weight excluding hydrogens is 206 g/mol. The molecule has 2 rings (SSSR count). The summed E-state index contributed by atoms with van der Waals surface area (Å²) in [5.74, 6) is 3.45. The lowest BCUT2D eigenvalue weighted by Crippen LogP contribution is -2.25. The molecule has 0 spiro atoms. The molecule has 0 radical (unpaired) electrons. The molecule has 1 N–H and O–H groups in total. The first-order valence-electron chi connectivity index (χ1n) is 5.37. The Bertz CT molecular complexity index is 310. The van der Waals surface area contributed by atoms with Crippen molar-refractivity contribution in [1.82, 2.24) is 0 Å². The number of thioether (sulfide) groups is 1. The molecule has 1 saturated heterocycles. The summed E-state index contributed by atoms with van der Waals surface area (Å²) in [7, 11) is 1.72. The van der Waals surface area contributed by atoms with Crippen molar-refractivity contribution >= 4 is 17.4 Å². The SMILES string of the molecule is COc1ccccc1N[C@H]1CCCSC1. The van der Waals surface area contributed by atoms with Gasteiger partial charge in [-0.15, -0.1) is 0 Å². The number of hydrogen-bond donors (Lipinski definition) is 1. The molecule has 1 fully saturated rings. The molecule has 0 amide bonds. The monoisotopic (exact) mass is 223 g/mol. The molecule has 0 aliphatic carbocycles. The van der Waals surface area contributed by atoms with Crippen LogP contribution in [0.15, 0.2) is 24.3 Å². The Hall–Kier alpha value is -0.830. The van der Waals surface area contributed by atoms with Crippen LogP contribution in [0.1, 0.15) is 12.8 Å². The van der Waals surface area contributed by atoms with Crippen molar-refractivity contribution < 1.29 is 4.74 Å². The van der Waals surface area contributed by atoms with E-state index in [2.05, 4.69) is 11.4 Å². The van der Waals surface area contributed by atoms with Crippen molar-refractivity contribution in [3.05, 3.63) is 24.3 Å². The highest BCUT2D eigenvalue weighted by atomic mass is 32.2. The summed E-state index contributed by atoms with van der Waals surface area (Å²) in [5.41, 5.74) is 1.12. The van der Waals surface area contributed by atoms with Gasteiger partial charge in [0.25, 0.3) is 0 Å². The molecule has 2 nitrogen and oxygen atoms in total. The Morgan fingerprint density at radius 3 is 3.00 bits per heavy atom. The number of ether oxygens (including phenoxy) is 1. The third kappa shape index (κ3) is 2.81. The van der Waals surface area contributed by atoms with Crippen molar-refractivity contribution in [2.75, 3.05) is 23.9 Å². The quantitative estimate of drug-likeness (QED) is 0.851. The van der Waals surface area contributed by atoms with E-state index in [0.717, 1.165) is 11.4 Å². The Balaban J connectivity index is 2.02. The van der Waals surface area contributed by atoms with Gasteiger partial charge in [0, 0.05) is 11.8 Å². The standard InChI is InChI=1S/C12H17NOS/c1-14-12-7-3-2-6-11(12)13-10-5-4-8-15-9-10/h2-3,6-7,10,13H,4-5,8-9H2,1H3/t10-/m0/s1. The van der Waals surface area contributed by atoms with Gasteiger partial charge in [0.05, 0.1) is 12.8 Å². The van der Waals surface area contributed by atoms with E-state index >= 15 is 0 Å². The van der Waals surface area contributed by atoms with Gasteiger partial charge in [-0.1, -0.05) is 12.1 Å². The maximum absolute atomic E-state index is 5.32. The summed E-state index contributed by atoms with van der Waals surface area (Å²) in [6, 6.07) is 8.72. The third-order valence-electron chi connectivity index (χ3n) is 2.63. The molecular formula is C12H17NOS. The summed E-state index contributed by atoms with van der Waals surface area (Å²) in [6.07, 6.45) is 2.59. The van der Waals surface area contributed by atoms with Gasteiger partial charge >= 0.3 is 0 Å². The second-order valence-corrected chi connectivity index (χ2v) is 4.91. The molecule has 3 heteroatoms. The fourth-order valence-corrected chi connectivity index (χ4v) is 2.91. The number of benzene rings is 1. The zero-order valence-electron chi connectivity index (χ0n) is 9.03. The maximum atomic E-state index is 5.32. The van der Waals surface area contributed by atoms with Crippen LogP contribution in [-0.2, 0) is 0 Å². The highest BCUT2D eigenvalue weighted by Gasteiger charge is 2.14. The molecule has 1 aromatic rings. The first kappa shape index (κ1) is 10.7. The normalized spacial score (nSPS) is 21.0. The van der Waals surface area contributed by atoms with Crippen molar-refractivity contribution in [1.29, 1.82) is 0 Å². The van der Waals surface area contributed by atoms with Crippen molar-refractivity contribution in [2.45, 2.75) is 18.9 Å². The van der Waals surface area contributed by atoms with Crippen LogP contribution >= 0.6 is 11.8 Å². The largest absolute Gasteiger partial charge is 0.495 e. The highest BCUT2D eigenvalue weighted by Crippen LogP contribution is 2.27. The third-order valence-corrected chi connectivity index (χ3v) is 3.84. The van der Waals surface area contributed by atoms with E-state index < -0.39 is 0 Å². The molecule has 0 bridgehead atoms. The predicted molar refractivity (Wildman–Crippen MR) is 67.0 cm³/mol. The molecule has 1 aromatic carbocycles. The number of anilines is 1. The molecule has 15 heavy (non-hydrogen) atoms. The molecule has 1 heterocycles. The lowest BCUT2D eigenvalue weighted by atomic mass is 10.1. The fraction of sp³-hybridized carbons (Fsp3) is 0.500. The second-order valence-electron chi connectivity index (χ2n) is 3.76. The van der Waals surface area contributed by atoms with Gasteiger partial charge < -0.3 is 10.1 Å². The van der Waals surface area contributed by atoms with Crippen molar-refractivity contribution in [2.24, 2.45) is 0 Å². The van der Waals surface area contributed by atoms with Gasteiger partial charge in [-0.3, -0.25) is 0 Å². The minimum absolute atomic E-state index is 0.597. The Morgan fingerprint density at radius 2 is 2.27 bits per heavy atom. The minimum atomic E-state index is 0.597. The van der Waals surface area contributed by atoms with E-state index in [9.17, 15) is 0 Å². The van der Waals surface area contributed by atoms with Crippen molar-refractivity contribution in [3.8, 4) is 5.75 Å². The topological polar surface area (TPSA) is 21.3 Å².